The molecule has 1 N–H and O–H groups in total. The van der Waals surface area contributed by atoms with Gasteiger partial charge in [-0.15, -0.1) is 0 Å². The minimum Gasteiger partial charge on any atom is -0.466 e. The highest BCUT2D eigenvalue weighted by molar-refractivity contribution is 5.11. The van der Waals surface area contributed by atoms with Gasteiger partial charge in [0, 0.05) is 17.8 Å². The first-order valence-corrected chi connectivity index (χ1v) is 5.10. The van der Waals surface area contributed by atoms with E-state index in [-0.39, 0.29) is 5.41 Å². The summed E-state index contributed by atoms with van der Waals surface area (Å²) < 4.78 is 5.54. The van der Waals surface area contributed by atoms with Crippen molar-refractivity contribution in [2.45, 2.75) is 39.0 Å². The Morgan fingerprint density at radius 2 is 2.08 bits per heavy atom. The molecule has 0 spiro atoms. The van der Waals surface area contributed by atoms with Crippen LogP contribution in [0.25, 0.3) is 0 Å². The topological polar surface area (TPSA) is 21.3 Å². The number of hydrogen-bond donors (Lipinski definition) is 1. The molecule has 0 atom stereocenters. The van der Waals surface area contributed by atoms with E-state index in [2.05, 4.69) is 12.2 Å². The fourth-order valence-electron chi connectivity index (χ4n) is 2.20. The van der Waals surface area contributed by atoms with Gasteiger partial charge in [0.15, 0.2) is 0 Å². The Kier molecular flexibility index (Phi) is 2.30. The Hall–Kier alpha value is -0.920. The quantitative estimate of drug-likeness (QED) is 0.668. The summed E-state index contributed by atoms with van der Waals surface area (Å²) in [6.07, 6.45) is 12.1. The predicted octanol–water partition coefficient (Wildman–Crippen LogP) is 2.89. The van der Waals surface area contributed by atoms with Crippen LogP contribution in [0.1, 0.15) is 39.0 Å². The van der Waals surface area contributed by atoms with Crippen molar-refractivity contribution in [1.82, 2.24) is 5.32 Å². The number of rotatable bonds is 1. The van der Waals surface area contributed by atoms with Crippen molar-refractivity contribution in [2.75, 3.05) is 0 Å². The standard InChI is InChI=1S/C11H17NO/c1-11(5-3-2-4-6-11)10-9-12-7-8-13-10/h7-9,12H,2-6H2,1H3. The van der Waals surface area contributed by atoms with Crippen LogP contribution in [-0.2, 0) is 4.74 Å². The van der Waals surface area contributed by atoms with Crippen LogP contribution < -0.4 is 5.32 Å². The SMILES string of the molecule is CC1(C2=CNC=CO2)CCCCC1. The van der Waals surface area contributed by atoms with Crippen molar-refractivity contribution in [1.29, 1.82) is 0 Å². The molecule has 72 valence electrons. The summed E-state index contributed by atoms with van der Waals surface area (Å²) in [5.74, 6) is 1.11. The molecule has 1 aliphatic carbocycles. The van der Waals surface area contributed by atoms with E-state index < -0.39 is 0 Å². The fraction of sp³-hybridized carbons (Fsp3) is 0.636. The zero-order chi connectivity index (χ0) is 9.15. The molecule has 0 amide bonds. The van der Waals surface area contributed by atoms with Gasteiger partial charge in [0.2, 0.25) is 0 Å². The second-order valence-corrected chi connectivity index (χ2v) is 4.22. The number of hydrogen-bond acceptors (Lipinski definition) is 2. The molecule has 0 bridgehead atoms. The lowest BCUT2D eigenvalue weighted by Crippen LogP contribution is -2.25. The van der Waals surface area contributed by atoms with E-state index in [0.717, 1.165) is 5.76 Å². The molecule has 0 aromatic rings. The van der Waals surface area contributed by atoms with Gasteiger partial charge in [0.1, 0.15) is 12.0 Å². The molecule has 1 saturated carbocycles. The molecular formula is C11H17NO. The maximum Gasteiger partial charge on any atom is 0.125 e. The summed E-state index contributed by atoms with van der Waals surface area (Å²) in [6.45, 7) is 2.30. The van der Waals surface area contributed by atoms with Gasteiger partial charge in [0.25, 0.3) is 0 Å². The van der Waals surface area contributed by atoms with Gasteiger partial charge in [-0.05, 0) is 12.8 Å². The van der Waals surface area contributed by atoms with E-state index in [4.69, 9.17) is 4.74 Å². The van der Waals surface area contributed by atoms with Gasteiger partial charge in [-0.25, -0.2) is 0 Å². The molecule has 2 nitrogen and oxygen atoms in total. The van der Waals surface area contributed by atoms with E-state index >= 15 is 0 Å². The first kappa shape index (κ1) is 8.67. The Morgan fingerprint density at radius 3 is 2.69 bits per heavy atom. The molecule has 13 heavy (non-hydrogen) atoms. The van der Waals surface area contributed by atoms with Crippen LogP contribution in [0.5, 0.6) is 0 Å². The Morgan fingerprint density at radius 1 is 1.31 bits per heavy atom. The highest BCUT2D eigenvalue weighted by Crippen LogP contribution is 2.42. The molecular weight excluding hydrogens is 162 g/mol. The van der Waals surface area contributed by atoms with Crippen LogP contribution in [0, 0.1) is 5.41 Å². The first-order chi connectivity index (χ1) is 6.31. The summed E-state index contributed by atoms with van der Waals surface area (Å²) in [5.41, 5.74) is 0.274. The molecule has 2 rings (SSSR count). The van der Waals surface area contributed by atoms with E-state index in [1.807, 2.05) is 12.4 Å². The molecule has 1 aliphatic heterocycles. The lowest BCUT2D eigenvalue weighted by Gasteiger charge is -2.35. The largest absolute Gasteiger partial charge is 0.466 e. The Balaban J connectivity index is 2.08. The van der Waals surface area contributed by atoms with Gasteiger partial charge in [-0.1, -0.05) is 26.2 Å². The van der Waals surface area contributed by atoms with Gasteiger partial charge in [-0.3, -0.25) is 0 Å². The summed E-state index contributed by atoms with van der Waals surface area (Å²) in [5, 5.41) is 3.09. The van der Waals surface area contributed by atoms with Crippen molar-refractivity contribution >= 4 is 0 Å². The molecule has 2 heteroatoms. The average molecular weight is 179 g/mol. The molecule has 2 aliphatic rings. The maximum atomic E-state index is 5.54. The fourth-order valence-corrected chi connectivity index (χ4v) is 2.20. The zero-order valence-corrected chi connectivity index (χ0v) is 8.18. The average Bonchev–Trinajstić information content (AvgIpc) is 2.20. The molecule has 1 heterocycles. The van der Waals surface area contributed by atoms with Gasteiger partial charge >= 0.3 is 0 Å². The van der Waals surface area contributed by atoms with Gasteiger partial charge in [-0.2, -0.15) is 0 Å². The van der Waals surface area contributed by atoms with Crippen molar-refractivity contribution in [2.24, 2.45) is 5.41 Å². The summed E-state index contributed by atoms with van der Waals surface area (Å²) in [7, 11) is 0. The third-order valence-electron chi connectivity index (χ3n) is 3.13. The smallest absolute Gasteiger partial charge is 0.125 e. The number of allylic oxidation sites excluding steroid dienone is 1. The van der Waals surface area contributed by atoms with E-state index in [1.165, 1.54) is 32.1 Å². The summed E-state index contributed by atoms with van der Waals surface area (Å²) in [6, 6.07) is 0. The van der Waals surface area contributed by atoms with Gasteiger partial charge in [0.05, 0.1) is 0 Å². The van der Waals surface area contributed by atoms with Crippen LogP contribution in [0.2, 0.25) is 0 Å². The van der Waals surface area contributed by atoms with Crippen LogP contribution in [0.3, 0.4) is 0 Å². The Labute approximate surface area is 79.7 Å². The molecule has 0 aromatic carbocycles. The van der Waals surface area contributed by atoms with Gasteiger partial charge < -0.3 is 10.1 Å². The van der Waals surface area contributed by atoms with E-state index in [9.17, 15) is 0 Å². The monoisotopic (exact) mass is 179 g/mol. The molecule has 0 saturated heterocycles. The molecule has 0 aromatic heterocycles. The van der Waals surface area contributed by atoms with E-state index in [1.54, 1.807) is 6.26 Å². The summed E-state index contributed by atoms with van der Waals surface area (Å²) >= 11 is 0. The lowest BCUT2D eigenvalue weighted by molar-refractivity contribution is 0.157. The minimum absolute atomic E-state index is 0.274. The van der Waals surface area contributed by atoms with Crippen LogP contribution in [-0.4, -0.2) is 0 Å². The molecule has 0 radical (unpaired) electrons. The van der Waals surface area contributed by atoms with E-state index in [0.29, 0.717) is 0 Å². The van der Waals surface area contributed by atoms with Crippen molar-refractivity contribution in [3.8, 4) is 0 Å². The Bertz CT molecular complexity index is 236. The second-order valence-electron chi connectivity index (χ2n) is 4.22. The third kappa shape index (κ3) is 1.71. The molecule has 1 fully saturated rings. The number of nitrogens with one attached hydrogen (secondary N) is 1. The summed E-state index contributed by atoms with van der Waals surface area (Å²) in [4.78, 5) is 0. The first-order valence-electron chi connectivity index (χ1n) is 5.10. The lowest BCUT2D eigenvalue weighted by atomic mass is 9.74. The highest BCUT2D eigenvalue weighted by Gasteiger charge is 2.32. The second kappa shape index (κ2) is 3.44. The minimum atomic E-state index is 0.274. The van der Waals surface area contributed by atoms with Crippen molar-refractivity contribution in [3.05, 3.63) is 24.4 Å². The number of ether oxygens (including phenoxy) is 1. The maximum absolute atomic E-state index is 5.54. The van der Waals surface area contributed by atoms with Crippen molar-refractivity contribution in [3.63, 3.8) is 0 Å². The molecule has 0 unspecified atom stereocenters. The predicted molar refractivity (Wildman–Crippen MR) is 52.6 cm³/mol. The van der Waals surface area contributed by atoms with Crippen LogP contribution in [0.4, 0.5) is 0 Å². The highest BCUT2D eigenvalue weighted by atomic mass is 16.5. The van der Waals surface area contributed by atoms with Crippen LogP contribution in [0.15, 0.2) is 24.4 Å². The van der Waals surface area contributed by atoms with Crippen LogP contribution >= 0.6 is 0 Å². The zero-order valence-electron chi connectivity index (χ0n) is 8.18. The normalized spacial score (nSPS) is 25.8. The third-order valence-corrected chi connectivity index (χ3v) is 3.13. The van der Waals surface area contributed by atoms with Crippen molar-refractivity contribution < 1.29 is 4.74 Å².